The molecule has 0 heterocycles. The van der Waals surface area contributed by atoms with Gasteiger partial charge < -0.3 is 4.43 Å². The van der Waals surface area contributed by atoms with Crippen LogP contribution in [0.25, 0.3) is 0 Å². The van der Waals surface area contributed by atoms with Crippen molar-refractivity contribution in [2.75, 3.05) is 19.4 Å². The minimum atomic E-state index is -3.57. The first-order valence-corrected chi connectivity index (χ1v) is 12.0. The van der Waals surface area contributed by atoms with E-state index in [9.17, 15) is 18.5 Å². The summed E-state index contributed by atoms with van der Waals surface area (Å²) in [6.45, 7) is 11.9. The Bertz CT molecular complexity index is 471. The van der Waals surface area contributed by atoms with Crippen LogP contribution in [0, 0.1) is 16.0 Å². The minimum Gasteiger partial charge on any atom is -0.411 e. The standard InChI is InChI=1S/C13H29NO6SSi/c1-11(8-9-14(15)16)12(10-19-21(5,17)18)20-22(6,7)13(2,3)4/h11-12H,8-10H2,1-7H3/t11-,12-/m1/s1. The summed E-state index contributed by atoms with van der Waals surface area (Å²) in [5.74, 6) is -0.165. The molecular formula is C13H29NO6SSi. The molecule has 9 heteroatoms. The van der Waals surface area contributed by atoms with Crippen molar-refractivity contribution in [1.82, 2.24) is 0 Å². The molecule has 0 amide bonds. The lowest BCUT2D eigenvalue weighted by molar-refractivity contribution is -0.481. The van der Waals surface area contributed by atoms with Gasteiger partial charge in [0.05, 0.1) is 19.0 Å². The average Bonchev–Trinajstić information content (AvgIpc) is 2.28. The molecule has 0 spiro atoms. The summed E-state index contributed by atoms with van der Waals surface area (Å²) < 4.78 is 33.5. The van der Waals surface area contributed by atoms with Gasteiger partial charge in [-0.2, -0.15) is 8.42 Å². The minimum absolute atomic E-state index is 0.0425. The van der Waals surface area contributed by atoms with Crippen LogP contribution in [0.2, 0.25) is 18.1 Å². The van der Waals surface area contributed by atoms with Gasteiger partial charge in [0.25, 0.3) is 10.1 Å². The molecule has 0 rings (SSSR count). The van der Waals surface area contributed by atoms with Crippen LogP contribution in [0.5, 0.6) is 0 Å². The van der Waals surface area contributed by atoms with Crippen LogP contribution in [0.4, 0.5) is 0 Å². The van der Waals surface area contributed by atoms with Gasteiger partial charge in [0, 0.05) is 11.3 Å². The third-order valence-electron chi connectivity index (χ3n) is 4.10. The molecule has 132 valence electrons. The largest absolute Gasteiger partial charge is 0.411 e. The number of hydrogen-bond donors (Lipinski definition) is 0. The third-order valence-corrected chi connectivity index (χ3v) is 9.17. The lowest BCUT2D eigenvalue weighted by atomic mass is 10.0. The van der Waals surface area contributed by atoms with Crippen molar-refractivity contribution >= 4 is 18.4 Å². The van der Waals surface area contributed by atoms with E-state index in [2.05, 4.69) is 33.9 Å². The van der Waals surface area contributed by atoms with Gasteiger partial charge in [-0.25, -0.2) is 0 Å². The first-order chi connectivity index (χ1) is 9.66. The zero-order chi connectivity index (χ0) is 17.8. The van der Waals surface area contributed by atoms with Crippen LogP contribution < -0.4 is 0 Å². The normalized spacial score (nSPS) is 16.3. The van der Waals surface area contributed by atoms with Crippen molar-refractivity contribution in [3.63, 3.8) is 0 Å². The quantitative estimate of drug-likeness (QED) is 0.273. The van der Waals surface area contributed by atoms with Crippen molar-refractivity contribution in [2.24, 2.45) is 5.92 Å². The van der Waals surface area contributed by atoms with E-state index in [1.165, 1.54) is 0 Å². The number of nitro groups is 1. The van der Waals surface area contributed by atoms with E-state index in [1.807, 2.05) is 6.92 Å². The predicted molar refractivity (Wildman–Crippen MR) is 88.5 cm³/mol. The summed E-state index contributed by atoms with van der Waals surface area (Å²) >= 11 is 0. The summed E-state index contributed by atoms with van der Waals surface area (Å²) in [4.78, 5) is 10.2. The molecule has 0 aromatic heterocycles. The molecule has 0 bridgehead atoms. The zero-order valence-electron chi connectivity index (χ0n) is 14.6. The second-order valence-electron chi connectivity index (χ2n) is 7.23. The Balaban J connectivity index is 5.04. The van der Waals surface area contributed by atoms with Gasteiger partial charge in [0.2, 0.25) is 6.54 Å². The first-order valence-electron chi connectivity index (χ1n) is 7.30. The van der Waals surface area contributed by atoms with Gasteiger partial charge in [-0.15, -0.1) is 0 Å². The van der Waals surface area contributed by atoms with E-state index in [0.29, 0.717) is 6.42 Å². The fourth-order valence-corrected chi connectivity index (χ4v) is 3.35. The molecule has 2 atom stereocenters. The molecule has 0 saturated carbocycles. The molecule has 0 aromatic rings. The predicted octanol–water partition coefficient (Wildman–Crippen LogP) is 2.66. The Hall–Kier alpha value is -0.513. The van der Waals surface area contributed by atoms with E-state index < -0.39 is 24.5 Å². The highest BCUT2D eigenvalue weighted by Gasteiger charge is 2.40. The highest BCUT2D eigenvalue weighted by Crippen LogP contribution is 2.38. The van der Waals surface area contributed by atoms with Gasteiger partial charge in [-0.05, 0) is 24.1 Å². The number of rotatable bonds is 9. The highest BCUT2D eigenvalue weighted by atomic mass is 32.2. The molecule has 0 unspecified atom stereocenters. The molecule has 0 N–H and O–H groups in total. The molecular weight excluding hydrogens is 326 g/mol. The van der Waals surface area contributed by atoms with Gasteiger partial charge in [0.15, 0.2) is 8.32 Å². The van der Waals surface area contributed by atoms with Gasteiger partial charge in [0.1, 0.15) is 0 Å². The van der Waals surface area contributed by atoms with Gasteiger partial charge >= 0.3 is 0 Å². The van der Waals surface area contributed by atoms with E-state index >= 15 is 0 Å². The van der Waals surface area contributed by atoms with Crippen LogP contribution in [0.1, 0.15) is 34.1 Å². The summed E-state index contributed by atoms with van der Waals surface area (Å²) in [6, 6.07) is 0. The van der Waals surface area contributed by atoms with Gasteiger partial charge in [-0.3, -0.25) is 14.3 Å². The molecule has 7 nitrogen and oxygen atoms in total. The summed E-state index contributed by atoms with van der Waals surface area (Å²) in [6.07, 6.45) is 0.827. The molecule has 0 aliphatic heterocycles. The molecule has 0 aliphatic rings. The highest BCUT2D eigenvalue weighted by molar-refractivity contribution is 7.85. The van der Waals surface area contributed by atoms with Crippen molar-refractivity contribution in [2.45, 2.75) is 58.4 Å². The van der Waals surface area contributed by atoms with Crippen LogP contribution in [0.3, 0.4) is 0 Å². The zero-order valence-corrected chi connectivity index (χ0v) is 16.4. The maximum atomic E-state index is 11.2. The molecule has 0 aromatic carbocycles. The van der Waals surface area contributed by atoms with Crippen LogP contribution in [-0.4, -0.2) is 47.2 Å². The van der Waals surface area contributed by atoms with Crippen LogP contribution >= 0.6 is 0 Å². The second-order valence-corrected chi connectivity index (χ2v) is 13.6. The average molecular weight is 356 g/mol. The van der Waals surface area contributed by atoms with Crippen molar-refractivity contribution in [3.8, 4) is 0 Å². The lowest BCUT2D eigenvalue weighted by Crippen LogP contribution is -2.47. The Kier molecular flexibility index (Phi) is 7.66. The molecule has 0 saturated heterocycles. The summed E-state index contributed by atoms with van der Waals surface area (Å²) in [5.41, 5.74) is 0. The molecule has 0 radical (unpaired) electrons. The van der Waals surface area contributed by atoms with E-state index in [-0.39, 0.29) is 29.0 Å². The lowest BCUT2D eigenvalue weighted by Gasteiger charge is -2.40. The Labute approximate surface area is 134 Å². The SMILES string of the molecule is C[C@H](CC[N+](=O)[O-])[C@@H](COS(C)(=O)=O)O[Si](C)(C)C(C)(C)C. The van der Waals surface area contributed by atoms with Gasteiger partial charge in [-0.1, -0.05) is 27.7 Å². The topological polar surface area (TPSA) is 95.7 Å². The molecule has 0 fully saturated rings. The fourth-order valence-electron chi connectivity index (χ4n) is 1.56. The third kappa shape index (κ3) is 8.21. The Morgan fingerprint density at radius 1 is 1.27 bits per heavy atom. The maximum absolute atomic E-state index is 11.2. The van der Waals surface area contributed by atoms with E-state index in [4.69, 9.17) is 8.61 Å². The second kappa shape index (κ2) is 7.85. The summed E-state index contributed by atoms with van der Waals surface area (Å²) in [7, 11) is -5.70. The molecule has 22 heavy (non-hydrogen) atoms. The van der Waals surface area contributed by atoms with E-state index in [1.54, 1.807) is 0 Å². The first kappa shape index (κ1) is 21.5. The number of nitrogens with zero attached hydrogens (tertiary/aromatic N) is 1. The maximum Gasteiger partial charge on any atom is 0.264 e. The number of hydrogen-bond acceptors (Lipinski definition) is 6. The van der Waals surface area contributed by atoms with Crippen LogP contribution in [0.15, 0.2) is 0 Å². The summed E-state index contributed by atoms with van der Waals surface area (Å²) in [5, 5.41) is 10.5. The van der Waals surface area contributed by atoms with Crippen molar-refractivity contribution < 1.29 is 22.0 Å². The Morgan fingerprint density at radius 2 is 1.77 bits per heavy atom. The van der Waals surface area contributed by atoms with E-state index in [0.717, 1.165) is 6.26 Å². The monoisotopic (exact) mass is 355 g/mol. The molecule has 0 aliphatic carbocycles. The fraction of sp³-hybridized carbons (Fsp3) is 1.00. The van der Waals surface area contributed by atoms with Crippen molar-refractivity contribution in [1.29, 1.82) is 0 Å². The van der Waals surface area contributed by atoms with Crippen LogP contribution in [-0.2, 0) is 18.7 Å². The van der Waals surface area contributed by atoms with Crippen molar-refractivity contribution in [3.05, 3.63) is 10.1 Å². The Morgan fingerprint density at radius 3 is 2.14 bits per heavy atom. The smallest absolute Gasteiger partial charge is 0.264 e.